The Morgan fingerprint density at radius 2 is 2.00 bits per heavy atom. The van der Waals surface area contributed by atoms with Gasteiger partial charge in [0.1, 0.15) is 11.6 Å². The Bertz CT molecular complexity index is 1070. The number of aliphatic hydroxyl groups excluding tert-OH is 1. The van der Waals surface area contributed by atoms with Crippen LogP contribution in [0.5, 0.6) is 0 Å². The Morgan fingerprint density at radius 3 is 2.73 bits per heavy atom. The van der Waals surface area contributed by atoms with Gasteiger partial charge in [0.15, 0.2) is 0 Å². The molecule has 1 saturated heterocycles. The molecular weight excluding hydrogens is 426 g/mol. The van der Waals surface area contributed by atoms with E-state index in [1.54, 1.807) is 0 Å². The third kappa shape index (κ3) is 3.17. The average Bonchev–Trinajstić information content (AvgIpc) is 3.18. The Labute approximate surface area is 192 Å². The summed E-state index contributed by atoms with van der Waals surface area (Å²) in [6.07, 6.45) is 3.85. The summed E-state index contributed by atoms with van der Waals surface area (Å²) in [7, 11) is 0. The van der Waals surface area contributed by atoms with Crippen molar-refractivity contribution in [1.82, 2.24) is 20.4 Å². The van der Waals surface area contributed by atoms with Crippen LogP contribution in [0.3, 0.4) is 0 Å². The third-order valence-corrected chi connectivity index (χ3v) is 8.48. The van der Waals surface area contributed by atoms with E-state index in [1.807, 2.05) is 11.0 Å². The Balaban J connectivity index is 1.53. The van der Waals surface area contributed by atoms with Gasteiger partial charge in [-0.1, -0.05) is 19.9 Å². The highest BCUT2D eigenvalue weighted by atomic mass is 19.1. The number of rotatable bonds is 4. The maximum Gasteiger partial charge on any atom is 0.317 e. The van der Waals surface area contributed by atoms with Gasteiger partial charge < -0.3 is 15.3 Å². The molecule has 2 bridgehead atoms. The lowest BCUT2D eigenvalue weighted by atomic mass is 9.59. The maximum atomic E-state index is 14.4. The molecule has 5 rings (SSSR count). The molecule has 1 aliphatic heterocycles. The first-order valence-electron chi connectivity index (χ1n) is 11.8. The number of piperidine rings is 1. The van der Waals surface area contributed by atoms with Crippen molar-refractivity contribution < 1.29 is 18.7 Å². The molecular formula is C25H30F2N4O2. The second-order valence-corrected chi connectivity index (χ2v) is 10.2. The largest absolute Gasteiger partial charge is 0.395 e. The van der Waals surface area contributed by atoms with Crippen LogP contribution >= 0.6 is 0 Å². The van der Waals surface area contributed by atoms with Gasteiger partial charge in [-0.2, -0.15) is 10.2 Å². The number of likely N-dealkylation sites (tertiary alicyclic amines) is 1. The standard InChI is InChI=1S/C25H30F2N4O2/c1-24(2)17-8-9-25(24,15-5-4-11-31(14-15)23(33)28-10-12-32)22-16(17)13-20(29-30-22)21-18(26)6-3-7-19(21)27/h3,6-7,13,15,17,32H,4-5,8-12,14H2,1-2H3,(H,28,33). The lowest BCUT2D eigenvalue weighted by Crippen LogP contribution is -2.53. The minimum Gasteiger partial charge on any atom is -0.395 e. The zero-order valence-electron chi connectivity index (χ0n) is 19.1. The van der Waals surface area contributed by atoms with E-state index < -0.39 is 11.6 Å². The van der Waals surface area contributed by atoms with Crippen molar-refractivity contribution in [3.05, 3.63) is 47.2 Å². The maximum absolute atomic E-state index is 14.4. The van der Waals surface area contributed by atoms with Crippen LogP contribution in [0.2, 0.25) is 0 Å². The highest BCUT2D eigenvalue weighted by Gasteiger charge is 2.66. The summed E-state index contributed by atoms with van der Waals surface area (Å²) in [6, 6.07) is 5.52. The van der Waals surface area contributed by atoms with E-state index in [4.69, 9.17) is 5.11 Å². The molecule has 3 aliphatic rings. The normalized spacial score (nSPS) is 27.5. The van der Waals surface area contributed by atoms with Gasteiger partial charge in [0, 0.05) is 25.0 Å². The zero-order valence-corrected chi connectivity index (χ0v) is 19.1. The number of halogens is 2. The van der Waals surface area contributed by atoms with Gasteiger partial charge in [-0.25, -0.2) is 13.6 Å². The van der Waals surface area contributed by atoms with Crippen LogP contribution in [-0.4, -0.2) is 52.5 Å². The fourth-order valence-electron chi connectivity index (χ4n) is 6.98. The number of benzene rings is 1. The summed E-state index contributed by atoms with van der Waals surface area (Å²) < 4.78 is 28.9. The van der Waals surface area contributed by atoms with E-state index in [0.29, 0.717) is 13.1 Å². The highest BCUT2D eigenvalue weighted by molar-refractivity contribution is 5.74. The van der Waals surface area contributed by atoms with E-state index >= 15 is 0 Å². The van der Waals surface area contributed by atoms with Crippen LogP contribution in [0.4, 0.5) is 13.6 Å². The summed E-state index contributed by atoms with van der Waals surface area (Å²) in [5.74, 6) is -0.829. The third-order valence-electron chi connectivity index (χ3n) is 8.48. The lowest BCUT2D eigenvalue weighted by Gasteiger charge is -2.48. The van der Waals surface area contributed by atoms with E-state index in [2.05, 4.69) is 29.4 Å². The number of aromatic nitrogens is 2. The van der Waals surface area contributed by atoms with Crippen molar-refractivity contribution in [3.63, 3.8) is 0 Å². The first-order valence-corrected chi connectivity index (χ1v) is 11.8. The molecule has 2 aliphatic carbocycles. The monoisotopic (exact) mass is 456 g/mol. The minimum atomic E-state index is -0.641. The van der Waals surface area contributed by atoms with Crippen molar-refractivity contribution >= 4 is 6.03 Å². The Hall–Kier alpha value is -2.61. The number of urea groups is 1. The average molecular weight is 457 g/mol. The van der Waals surface area contributed by atoms with E-state index in [9.17, 15) is 13.6 Å². The molecule has 0 spiro atoms. The van der Waals surface area contributed by atoms with Crippen molar-refractivity contribution in [3.8, 4) is 11.3 Å². The Kier molecular flexibility index (Phi) is 5.39. The smallest absolute Gasteiger partial charge is 0.317 e. The second kappa shape index (κ2) is 8.01. The fourth-order valence-corrected chi connectivity index (χ4v) is 6.98. The van der Waals surface area contributed by atoms with Crippen molar-refractivity contribution in [1.29, 1.82) is 0 Å². The van der Waals surface area contributed by atoms with Crippen molar-refractivity contribution in [2.45, 2.75) is 50.9 Å². The van der Waals surface area contributed by atoms with Crippen LogP contribution in [-0.2, 0) is 5.41 Å². The molecule has 33 heavy (non-hydrogen) atoms. The van der Waals surface area contributed by atoms with E-state index in [-0.39, 0.29) is 53.1 Å². The predicted octanol–water partition coefficient (Wildman–Crippen LogP) is 3.99. The zero-order chi connectivity index (χ0) is 23.4. The number of fused-ring (bicyclic) bond motifs is 5. The Morgan fingerprint density at radius 1 is 1.24 bits per heavy atom. The van der Waals surface area contributed by atoms with Crippen molar-refractivity contribution in [2.75, 3.05) is 26.2 Å². The summed E-state index contributed by atoms with van der Waals surface area (Å²) in [6.45, 7) is 5.99. The SMILES string of the molecule is CC1(C)C2CCC1(C1CCCN(C(=O)NCCO)C1)c1nnc(-c3c(F)cccc3F)cc12. The molecule has 3 unspecified atom stereocenters. The number of hydrogen-bond donors (Lipinski definition) is 2. The van der Waals surface area contributed by atoms with Gasteiger partial charge in [0.2, 0.25) is 0 Å². The van der Waals surface area contributed by atoms with Crippen LogP contribution in [0, 0.1) is 23.0 Å². The second-order valence-electron chi connectivity index (χ2n) is 10.2. The summed E-state index contributed by atoms with van der Waals surface area (Å²) in [5, 5.41) is 20.8. The van der Waals surface area contributed by atoms with Crippen molar-refractivity contribution in [2.24, 2.45) is 11.3 Å². The van der Waals surface area contributed by atoms with Crippen LogP contribution in [0.25, 0.3) is 11.3 Å². The number of hydrogen-bond acceptors (Lipinski definition) is 4. The number of carbonyl (C=O) groups is 1. The molecule has 0 radical (unpaired) electrons. The first-order chi connectivity index (χ1) is 15.8. The van der Waals surface area contributed by atoms with Gasteiger partial charge in [0.25, 0.3) is 0 Å². The van der Waals surface area contributed by atoms with Gasteiger partial charge in [-0.05, 0) is 66.7 Å². The highest BCUT2D eigenvalue weighted by Crippen LogP contribution is 2.70. The van der Waals surface area contributed by atoms with Gasteiger partial charge in [-0.3, -0.25) is 0 Å². The summed E-state index contributed by atoms with van der Waals surface area (Å²) in [5.41, 5.74) is 1.74. The molecule has 176 valence electrons. The van der Waals surface area contributed by atoms with Gasteiger partial charge >= 0.3 is 6.03 Å². The van der Waals surface area contributed by atoms with Crippen LogP contribution in [0.15, 0.2) is 24.3 Å². The number of nitrogens with one attached hydrogen (secondary N) is 1. The minimum absolute atomic E-state index is 0.0877. The quantitative estimate of drug-likeness (QED) is 0.729. The van der Waals surface area contributed by atoms with Gasteiger partial charge in [0.05, 0.1) is 23.6 Å². The first kappa shape index (κ1) is 22.2. The molecule has 1 saturated carbocycles. The molecule has 1 aromatic heterocycles. The number of carbonyl (C=O) groups excluding carboxylic acids is 1. The van der Waals surface area contributed by atoms with E-state index in [1.165, 1.54) is 18.2 Å². The topological polar surface area (TPSA) is 78.4 Å². The summed E-state index contributed by atoms with van der Waals surface area (Å²) in [4.78, 5) is 14.4. The van der Waals surface area contributed by atoms with E-state index in [0.717, 1.165) is 36.9 Å². The fraction of sp³-hybridized carbons (Fsp3) is 0.560. The van der Waals surface area contributed by atoms with Crippen LogP contribution < -0.4 is 5.32 Å². The molecule has 8 heteroatoms. The predicted molar refractivity (Wildman–Crippen MR) is 120 cm³/mol. The number of amides is 2. The molecule has 3 atom stereocenters. The van der Waals surface area contributed by atoms with Crippen LogP contribution in [0.1, 0.15) is 56.7 Å². The molecule has 2 aromatic rings. The summed E-state index contributed by atoms with van der Waals surface area (Å²) >= 11 is 0. The molecule has 2 fully saturated rings. The van der Waals surface area contributed by atoms with Gasteiger partial charge in [-0.15, -0.1) is 0 Å². The molecule has 2 amide bonds. The molecule has 6 nitrogen and oxygen atoms in total. The molecule has 1 aromatic carbocycles. The lowest BCUT2D eigenvalue weighted by molar-refractivity contribution is 0.0675. The molecule has 2 heterocycles. The molecule has 2 N–H and O–H groups in total. The number of nitrogens with zero attached hydrogens (tertiary/aromatic N) is 3. The number of aliphatic hydroxyl groups is 1.